The zero-order valence-electron chi connectivity index (χ0n) is 17.5. The monoisotopic (exact) mass is 405 g/mol. The minimum absolute atomic E-state index is 0.553. The Labute approximate surface area is 177 Å². The summed E-state index contributed by atoms with van der Waals surface area (Å²) in [4.78, 5) is 15.9. The number of benzene rings is 1. The Balaban J connectivity index is 1.41. The molecule has 0 radical (unpaired) electrons. The number of nitrogens with zero attached hydrogens (tertiary/aromatic N) is 4. The third-order valence-corrected chi connectivity index (χ3v) is 4.91. The van der Waals surface area contributed by atoms with Crippen molar-refractivity contribution in [2.24, 2.45) is 0 Å². The third-order valence-electron chi connectivity index (χ3n) is 4.91. The molecule has 0 spiro atoms. The fourth-order valence-electron chi connectivity index (χ4n) is 3.33. The van der Waals surface area contributed by atoms with Gasteiger partial charge in [0, 0.05) is 30.9 Å². The smallest absolute Gasteiger partial charge is 0.130 e. The van der Waals surface area contributed by atoms with Crippen LogP contribution in [0.4, 0.5) is 11.6 Å². The van der Waals surface area contributed by atoms with Crippen LogP contribution in [0.5, 0.6) is 5.75 Å². The molecule has 3 aromatic rings. The van der Waals surface area contributed by atoms with Gasteiger partial charge in [-0.3, -0.25) is 0 Å². The lowest BCUT2D eigenvalue weighted by atomic mass is 10.1. The second kappa shape index (κ2) is 9.54. The number of aromatic nitrogens is 3. The quantitative estimate of drug-likeness (QED) is 0.603. The fourth-order valence-corrected chi connectivity index (χ4v) is 3.33. The van der Waals surface area contributed by atoms with Crippen molar-refractivity contribution in [3.63, 3.8) is 0 Å². The van der Waals surface area contributed by atoms with Gasteiger partial charge < -0.3 is 19.7 Å². The second-order valence-corrected chi connectivity index (χ2v) is 7.28. The lowest BCUT2D eigenvalue weighted by Crippen LogP contribution is -2.36. The fraction of sp³-hybridized carbons (Fsp3) is 0.348. The van der Waals surface area contributed by atoms with Crippen molar-refractivity contribution in [1.82, 2.24) is 15.0 Å². The molecule has 0 aliphatic carbocycles. The van der Waals surface area contributed by atoms with Crippen molar-refractivity contribution in [2.45, 2.75) is 13.8 Å². The molecule has 7 heteroatoms. The number of pyridine rings is 1. The molecular formula is C23H27N5O2. The zero-order chi connectivity index (χ0) is 20.8. The van der Waals surface area contributed by atoms with Crippen LogP contribution in [0.3, 0.4) is 0 Å². The van der Waals surface area contributed by atoms with Gasteiger partial charge in [0.15, 0.2) is 0 Å². The number of ether oxygens (including phenoxy) is 2. The van der Waals surface area contributed by atoms with Crippen LogP contribution in [0.2, 0.25) is 0 Å². The second-order valence-electron chi connectivity index (χ2n) is 7.28. The summed E-state index contributed by atoms with van der Waals surface area (Å²) in [5.74, 6) is 3.33. The summed E-state index contributed by atoms with van der Waals surface area (Å²) < 4.78 is 11.2. The van der Waals surface area contributed by atoms with Gasteiger partial charge in [-0.25, -0.2) is 15.0 Å². The summed E-state index contributed by atoms with van der Waals surface area (Å²) in [6, 6.07) is 14.1. The van der Waals surface area contributed by atoms with E-state index in [1.807, 2.05) is 49.5 Å². The van der Waals surface area contributed by atoms with Crippen LogP contribution in [-0.2, 0) is 4.74 Å². The van der Waals surface area contributed by atoms with Gasteiger partial charge in [-0.05, 0) is 38.1 Å². The predicted octanol–water partition coefficient (Wildman–Crippen LogP) is 3.48. The molecule has 156 valence electrons. The first-order chi connectivity index (χ1) is 14.7. The molecule has 30 heavy (non-hydrogen) atoms. The lowest BCUT2D eigenvalue weighted by Gasteiger charge is -2.28. The van der Waals surface area contributed by atoms with Crippen molar-refractivity contribution >= 4 is 11.6 Å². The maximum absolute atomic E-state index is 5.78. The minimum Gasteiger partial charge on any atom is -0.492 e. The van der Waals surface area contributed by atoms with E-state index in [4.69, 9.17) is 9.47 Å². The van der Waals surface area contributed by atoms with Gasteiger partial charge in [-0.2, -0.15) is 0 Å². The van der Waals surface area contributed by atoms with E-state index < -0.39 is 0 Å². The molecule has 7 nitrogen and oxygen atoms in total. The van der Waals surface area contributed by atoms with E-state index in [0.29, 0.717) is 13.2 Å². The van der Waals surface area contributed by atoms with Crippen LogP contribution in [-0.4, -0.2) is 54.4 Å². The highest BCUT2D eigenvalue weighted by atomic mass is 16.5. The summed E-state index contributed by atoms with van der Waals surface area (Å²) in [6.45, 7) is 8.35. The SMILES string of the molecule is Cc1ccc(OCCNc2cc(-c3ccnc(N4CCOCC4)c3)nc(C)n2)cc1. The molecule has 0 saturated carbocycles. The van der Waals surface area contributed by atoms with Crippen molar-refractivity contribution in [3.05, 3.63) is 60.0 Å². The van der Waals surface area contributed by atoms with Gasteiger partial charge in [-0.1, -0.05) is 17.7 Å². The topological polar surface area (TPSA) is 72.4 Å². The number of aryl methyl sites for hydroxylation is 2. The summed E-state index contributed by atoms with van der Waals surface area (Å²) in [5, 5.41) is 3.34. The predicted molar refractivity (Wildman–Crippen MR) is 118 cm³/mol. The van der Waals surface area contributed by atoms with E-state index in [1.54, 1.807) is 0 Å². The third kappa shape index (κ3) is 5.24. The number of hydrogen-bond acceptors (Lipinski definition) is 7. The van der Waals surface area contributed by atoms with Gasteiger partial charge in [0.1, 0.15) is 29.8 Å². The van der Waals surface area contributed by atoms with Gasteiger partial charge in [0.25, 0.3) is 0 Å². The molecule has 0 unspecified atom stereocenters. The van der Waals surface area contributed by atoms with Crippen molar-refractivity contribution < 1.29 is 9.47 Å². The maximum atomic E-state index is 5.78. The summed E-state index contributed by atoms with van der Waals surface area (Å²) >= 11 is 0. The standard InChI is InChI=1S/C23H27N5O2/c1-17-3-5-20(6-4-17)30-12-9-24-22-16-21(26-18(2)27-22)19-7-8-25-23(15-19)28-10-13-29-14-11-28/h3-8,15-16H,9-14H2,1-2H3,(H,24,26,27). The van der Waals surface area contributed by atoms with Gasteiger partial charge in [-0.15, -0.1) is 0 Å². The zero-order valence-corrected chi connectivity index (χ0v) is 17.5. The highest BCUT2D eigenvalue weighted by molar-refractivity contribution is 5.65. The molecular weight excluding hydrogens is 378 g/mol. The van der Waals surface area contributed by atoms with Crippen molar-refractivity contribution in [2.75, 3.05) is 49.7 Å². The molecule has 3 heterocycles. The van der Waals surface area contributed by atoms with Gasteiger partial charge >= 0.3 is 0 Å². The normalized spacial score (nSPS) is 13.9. The Kier molecular flexibility index (Phi) is 6.39. The molecule has 1 fully saturated rings. The van der Waals surface area contributed by atoms with Crippen LogP contribution in [0.15, 0.2) is 48.7 Å². The summed E-state index contributed by atoms with van der Waals surface area (Å²) in [7, 11) is 0. The van der Waals surface area contributed by atoms with E-state index in [2.05, 4.69) is 38.2 Å². The summed E-state index contributed by atoms with van der Waals surface area (Å²) in [5.41, 5.74) is 3.12. The number of rotatable bonds is 7. The van der Waals surface area contributed by atoms with E-state index in [9.17, 15) is 0 Å². The first kappa shape index (κ1) is 20.1. The Hall–Kier alpha value is -3.19. The molecule has 1 aromatic carbocycles. The maximum Gasteiger partial charge on any atom is 0.130 e. The first-order valence-corrected chi connectivity index (χ1v) is 10.3. The Morgan fingerprint density at radius 2 is 1.83 bits per heavy atom. The van der Waals surface area contributed by atoms with Gasteiger partial charge in [0.2, 0.25) is 0 Å². The first-order valence-electron chi connectivity index (χ1n) is 10.3. The van der Waals surface area contributed by atoms with E-state index >= 15 is 0 Å². The summed E-state index contributed by atoms with van der Waals surface area (Å²) in [6.07, 6.45) is 1.83. The Bertz CT molecular complexity index is 972. The average Bonchev–Trinajstić information content (AvgIpc) is 2.78. The Morgan fingerprint density at radius 3 is 2.63 bits per heavy atom. The van der Waals surface area contributed by atoms with Crippen molar-refractivity contribution in [1.29, 1.82) is 0 Å². The minimum atomic E-state index is 0.553. The molecule has 1 N–H and O–H groups in total. The number of hydrogen-bond donors (Lipinski definition) is 1. The lowest BCUT2D eigenvalue weighted by molar-refractivity contribution is 0.122. The number of morpholine rings is 1. The Morgan fingerprint density at radius 1 is 1.03 bits per heavy atom. The van der Waals surface area contributed by atoms with E-state index in [-0.39, 0.29) is 0 Å². The van der Waals surface area contributed by atoms with Crippen LogP contribution >= 0.6 is 0 Å². The molecule has 0 atom stereocenters. The van der Waals surface area contributed by atoms with E-state index in [1.165, 1.54) is 5.56 Å². The van der Waals surface area contributed by atoms with Crippen LogP contribution in [0.1, 0.15) is 11.4 Å². The largest absolute Gasteiger partial charge is 0.492 e. The molecule has 4 rings (SSSR count). The van der Waals surface area contributed by atoms with Crippen LogP contribution in [0, 0.1) is 13.8 Å². The molecule has 1 aliphatic heterocycles. The molecule has 2 aromatic heterocycles. The number of nitrogens with one attached hydrogen (secondary N) is 1. The molecule has 0 bridgehead atoms. The molecule has 0 amide bonds. The molecule has 1 saturated heterocycles. The van der Waals surface area contributed by atoms with Crippen LogP contribution < -0.4 is 15.0 Å². The highest BCUT2D eigenvalue weighted by Crippen LogP contribution is 2.24. The number of anilines is 2. The van der Waals surface area contributed by atoms with Crippen LogP contribution in [0.25, 0.3) is 11.3 Å². The van der Waals surface area contributed by atoms with Gasteiger partial charge in [0.05, 0.1) is 25.5 Å². The van der Waals surface area contributed by atoms with Crippen molar-refractivity contribution in [3.8, 4) is 17.0 Å². The average molecular weight is 406 g/mol. The van der Waals surface area contributed by atoms with E-state index in [0.717, 1.165) is 60.8 Å². The highest BCUT2D eigenvalue weighted by Gasteiger charge is 2.14. The molecule has 1 aliphatic rings.